The van der Waals surface area contributed by atoms with E-state index in [2.05, 4.69) is 18.8 Å². The van der Waals surface area contributed by atoms with Crippen LogP contribution in [0.25, 0.3) is 0 Å². The maximum absolute atomic E-state index is 10.5. The van der Waals surface area contributed by atoms with E-state index < -0.39 is 5.97 Å². The lowest BCUT2D eigenvalue weighted by molar-refractivity contribution is -0.137. The number of ether oxygens (including phenoxy) is 2. The van der Waals surface area contributed by atoms with Crippen LogP contribution in [0.5, 0.6) is 0 Å². The summed E-state index contributed by atoms with van der Waals surface area (Å²) >= 11 is 0. The lowest BCUT2D eigenvalue weighted by Crippen LogP contribution is -2.31. The molecule has 4 atom stereocenters. The molecule has 4 nitrogen and oxygen atoms in total. The highest BCUT2D eigenvalue weighted by molar-refractivity contribution is 5.66. The topological polar surface area (TPSA) is 55.8 Å². The standard InChI is InChI=1S/C20H32O4/c1-2-3-4-9-14-23-15-17-16(18-12-13-19(17)24-18)10-7-5-6-8-11-20(21)22/h16-19H,2-3,5-8,10-15H2,1H3,(H,21,22). The van der Waals surface area contributed by atoms with E-state index in [1.165, 1.54) is 25.7 Å². The number of unbranched alkanes of at least 4 members (excludes halogenated alkanes) is 4. The predicted molar refractivity (Wildman–Crippen MR) is 93.7 cm³/mol. The second kappa shape index (κ2) is 10.7. The fourth-order valence-corrected chi connectivity index (χ4v) is 4.02. The highest BCUT2D eigenvalue weighted by Gasteiger charge is 2.48. The van der Waals surface area contributed by atoms with Gasteiger partial charge in [-0.05, 0) is 38.0 Å². The Morgan fingerprint density at radius 3 is 2.62 bits per heavy atom. The van der Waals surface area contributed by atoms with Crippen LogP contribution in [0, 0.1) is 23.7 Å². The summed E-state index contributed by atoms with van der Waals surface area (Å²) in [6.45, 7) is 3.44. The Morgan fingerprint density at radius 1 is 1.12 bits per heavy atom. The van der Waals surface area contributed by atoms with Crippen molar-refractivity contribution >= 4 is 5.97 Å². The summed E-state index contributed by atoms with van der Waals surface area (Å²) in [4.78, 5) is 10.5. The van der Waals surface area contributed by atoms with Gasteiger partial charge in [-0.2, -0.15) is 0 Å². The Morgan fingerprint density at radius 2 is 1.88 bits per heavy atom. The van der Waals surface area contributed by atoms with Gasteiger partial charge in [0.05, 0.1) is 18.8 Å². The molecule has 2 heterocycles. The highest BCUT2D eigenvalue weighted by Crippen LogP contribution is 2.45. The van der Waals surface area contributed by atoms with Crippen molar-refractivity contribution < 1.29 is 19.4 Å². The fourth-order valence-electron chi connectivity index (χ4n) is 4.02. The maximum Gasteiger partial charge on any atom is 0.303 e. The van der Waals surface area contributed by atoms with Crippen molar-refractivity contribution in [1.82, 2.24) is 0 Å². The average Bonchev–Trinajstić information content (AvgIpc) is 3.15. The molecule has 0 saturated carbocycles. The Labute approximate surface area is 146 Å². The molecule has 2 bridgehead atoms. The normalized spacial score (nSPS) is 27.9. The summed E-state index contributed by atoms with van der Waals surface area (Å²) in [7, 11) is 0. The first-order valence-corrected chi connectivity index (χ1v) is 9.63. The SMILES string of the molecule is CCCC#CCOCC1C2CCC(O2)C1CCCCCCC(=O)O. The van der Waals surface area contributed by atoms with Gasteiger partial charge in [0, 0.05) is 18.8 Å². The molecule has 24 heavy (non-hydrogen) atoms. The molecule has 2 aliphatic heterocycles. The number of fused-ring (bicyclic) bond motifs is 2. The molecule has 2 saturated heterocycles. The van der Waals surface area contributed by atoms with Crippen molar-refractivity contribution in [3.63, 3.8) is 0 Å². The van der Waals surface area contributed by atoms with Gasteiger partial charge in [-0.15, -0.1) is 5.92 Å². The zero-order valence-corrected chi connectivity index (χ0v) is 15.0. The van der Waals surface area contributed by atoms with E-state index in [1.807, 2.05) is 0 Å². The molecular formula is C20H32O4. The number of hydrogen-bond acceptors (Lipinski definition) is 3. The maximum atomic E-state index is 10.5. The van der Waals surface area contributed by atoms with Crippen molar-refractivity contribution in [3.05, 3.63) is 0 Å². The number of carboxylic acids is 1. The van der Waals surface area contributed by atoms with Crippen molar-refractivity contribution in [2.24, 2.45) is 11.8 Å². The molecule has 0 aromatic rings. The number of carbonyl (C=O) groups is 1. The minimum atomic E-state index is -0.684. The zero-order valence-electron chi connectivity index (χ0n) is 15.0. The first-order chi connectivity index (χ1) is 11.7. The van der Waals surface area contributed by atoms with Gasteiger partial charge in [-0.3, -0.25) is 4.79 Å². The van der Waals surface area contributed by atoms with Crippen molar-refractivity contribution in [2.75, 3.05) is 13.2 Å². The van der Waals surface area contributed by atoms with Crippen LogP contribution in [0.4, 0.5) is 0 Å². The van der Waals surface area contributed by atoms with Gasteiger partial charge in [-0.1, -0.05) is 32.1 Å². The molecule has 2 aliphatic rings. The Kier molecular flexibility index (Phi) is 8.63. The second-order valence-electron chi connectivity index (χ2n) is 7.08. The third kappa shape index (κ3) is 6.11. The third-order valence-electron chi connectivity index (χ3n) is 5.25. The van der Waals surface area contributed by atoms with Crippen LogP contribution < -0.4 is 0 Å². The van der Waals surface area contributed by atoms with Gasteiger partial charge in [-0.25, -0.2) is 0 Å². The van der Waals surface area contributed by atoms with Gasteiger partial charge in [0.15, 0.2) is 0 Å². The van der Waals surface area contributed by atoms with Crippen LogP contribution in [0.2, 0.25) is 0 Å². The van der Waals surface area contributed by atoms with Crippen LogP contribution in [0.1, 0.15) is 71.1 Å². The third-order valence-corrected chi connectivity index (χ3v) is 5.25. The molecular weight excluding hydrogens is 304 g/mol. The number of carboxylic acid groups (broad SMARTS) is 1. The predicted octanol–water partition coefficient (Wildman–Crippen LogP) is 4.03. The zero-order chi connectivity index (χ0) is 17.2. The summed E-state index contributed by atoms with van der Waals surface area (Å²) in [5.74, 6) is 6.66. The average molecular weight is 336 g/mol. The highest BCUT2D eigenvalue weighted by atomic mass is 16.5. The van der Waals surface area contributed by atoms with Gasteiger partial charge < -0.3 is 14.6 Å². The largest absolute Gasteiger partial charge is 0.481 e. The van der Waals surface area contributed by atoms with Gasteiger partial charge in [0.1, 0.15) is 6.61 Å². The lowest BCUT2D eigenvalue weighted by atomic mass is 9.77. The molecule has 2 rings (SSSR count). The minimum Gasteiger partial charge on any atom is -0.481 e. The summed E-state index contributed by atoms with van der Waals surface area (Å²) in [6, 6.07) is 0. The monoisotopic (exact) mass is 336 g/mol. The quantitative estimate of drug-likeness (QED) is 0.457. The molecule has 2 fully saturated rings. The van der Waals surface area contributed by atoms with E-state index in [0.717, 1.165) is 38.7 Å². The van der Waals surface area contributed by atoms with Crippen molar-refractivity contribution in [1.29, 1.82) is 0 Å². The summed E-state index contributed by atoms with van der Waals surface area (Å²) in [5, 5.41) is 8.66. The van der Waals surface area contributed by atoms with E-state index in [9.17, 15) is 4.79 Å². The Hall–Kier alpha value is -1.05. The van der Waals surface area contributed by atoms with Crippen LogP contribution in [-0.4, -0.2) is 36.5 Å². The molecule has 0 aliphatic carbocycles. The van der Waals surface area contributed by atoms with Crippen LogP contribution in [-0.2, 0) is 14.3 Å². The van der Waals surface area contributed by atoms with Crippen LogP contribution in [0.3, 0.4) is 0 Å². The summed E-state index contributed by atoms with van der Waals surface area (Å²) in [5.41, 5.74) is 0. The molecule has 136 valence electrons. The Bertz CT molecular complexity index is 437. The number of aliphatic carboxylic acids is 1. The minimum absolute atomic E-state index is 0.298. The van der Waals surface area contributed by atoms with Crippen molar-refractivity contribution in [2.45, 2.75) is 83.3 Å². The van der Waals surface area contributed by atoms with E-state index >= 15 is 0 Å². The van der Waals surface area contributed by atoms with E-state index in [0.29, 0.717) is 37.1 Å². The molecule has 0 amide bonds. The molecule has 4 unspecified atom stereocenters. The van der Waals surface area contributed by atoms with Crippen molar-refractivity contribution in [3.8, 4) is 11.8 Å². The second-order valence-corrected chi connectivity index (χ2v) is 7.08. The lowest BCUT2D eigenvalue weighted by Gasteiger charge is -2.27. The number of rotatable bonds is 11. The summed E-state index contributed by atoms with van der Waals surface area (Å²) < 4.78 is 11.9. The molecule has 0 aromatic carbocycles. The molecule has 4 heteroatoms. The van der Waals surface area contributed by atoms with Crippen LogP contribution in [0.15, 0.2) is 0 Å². The molecule has 0 aromatic heterocycles. The van der Waals surface area contributed by atoms with Gasteiger partial charge in [0.25, 0.3) is 0 Å². The molecule has 1 N–H and O–H groups in total. The molecule has 0 spiro atoms. The van der Waals surface area contributed by atoms with Gasteiger partial charge >= 0.3 is 5.97 Å². The Balaban J connectivity index is 1.64. The first kappa shape index (κ1) is 19.3. The summed E-state index contributed by atoms with van der Waals surface area (Å²) in [6.07, 6.45) is 10.8. The van der Waals surface area contributed by atoms with Crippen LogP contribution >= 0.6 is 0 Å². The van der Waals surface area contributed by atoms with Gasteiger partial charge in [0.2, 0.25) is 0 Å². The van der Waals surface area contributed by atoms with E-state index in [4.69, 9.17) is 14.6 Å². The first-order valence-electron chi connectivity index (χ1n) is 9.63. The van der Waals surface area contributed by atoms with E-state index in [1.54, 1.807) is 0 Å². The molecule has 0 radical (unpaired) electrons. The number of hydrogen-bond donors (Lipinski definition) is 1. The van der Waals surface area contributed by atoms with E-state index in [-0.39, 0.29) is 0 Å². The fraction of sp³-hybridized carbons (Fsp3) is 0.850. The smallest absolute Gasteiger partial charge is 0.303 e.